The number of hydrogen-bond donors (Lipinski definition) is 0. The zero-order valence-corrected chi connectivity index (χ0v) is 36.4. The number of anilines is 1. The van der Waals surface area contributed by atoms with Gasteiger partial charge in [-0.2, -0.15) is 0 Å². The van der Waals surface area contributed by atoms with Crippen molar-refractivity contribution in [2.75, 3.05) is 18.1 Å². The second kappa shape index (κ2) is 18.8. The summed E-state index contributed by atoms with van der Waals surface area (Å²) >= 11 is 0. The molecule has 0 atom stereocenters. The van der Waals surface area contributed by atoms with E-state index in [-0.39, 0.29) is 35.8 Å². The zero-order chi connectivity index (χ0) is 46.6. The van der Waals surface area contributed by atoms with Gasteiger partial charge in [0.1, 0.15) is 23.0 Å². The largest absolute Gasteiger partial charge is 0.462 e. The number of amides is 4. The summed E-state index contributed by atoms with van der Waals surface area (Å²) in [5, 5.41) is 0. The fourth-order valence-electron chi connectivity index (χ4n) is 7.61. The van der Waals surface area contributed by atoms with Crippen molar-refractivity contribution in [3.8, 4) is 23.0 Å². The van der Waals surface area contributed by atoms with E-state index in [0.717, 1.165) is 32.7 Å². The smallest absolute Gasteiger partial charge is 0.333 e. The molecule has 0 unspecified atom stereocenters. The number of hydrogen-bond acceptors (Lipinski definition) is 10. The van der Waals surface area contributed by atoms with E-state index in [9.17, 15) is 28.8 Å². The monoisotopic (exact) mass is 880 g/mol. The van der Waals surface area contributed by atoms with Crippen molar-refractivity contribution in [3.63, 3.8) is 0 Å². The lowest BCUT2D eigenvalue weighted by molar-refractivity contribution is -0.139. The molecule has 2 aliphatic heterocycles. The number of allylic oxidation sites excluding steroid dienone is 3. The van der Waals surface area contributed by atoms with Gasteiger partial charge in [-0.25, -0.2) is 19.4 Å². The molecule has 0 bridgehead atoms. The van der Waals surface area contributed by atoms with Crippen molar-refractivity contribution in [1.29, 1.82) is 0 Å². The van der Waals surface area contributed by atoms with Crippen molar-refractivity contribution in [1.82, 2.24) is 4.90 Å². The van der Waals surface area contributed by atoms with Crippen LogP contribution in [0.25, 0.3) is 5.57 Å². The van der Waals surface area contributed by atoms with Crippen molar-refractivity contribution < 1.29 is 47.7 Å². The third kappa shape index (κ3) is 9.29. The molecule has 0 N–H and O–H groups in total. The fourth-order valence-corrected chi connectivity index (χ4v) is 7.61. The molecule has 8 rings (SSSR count). The third-order valence-corrected chi connectivity index (χ3v) is 11.3. The van der Waals surface area contributed by atoms with Gasteiger partial charge in [0.05, 0.1) is 41.2 Å². The number of nitrogens with zero attached hydrogens (tertiary/aromatic N) is 2. The van der Waals surface area contributed by atoms with Crippen LogP contribution in [-0.2, 0) is 25.5 Å². The van der Waals surface area contributed by atoms with E-state index >= 15 is 0 Å². The highest BCUT2D eigenvalue weighted by molar-refractivity contribution is 6.34. The molecular formula is C54H44N2O10. The standard InChI is InChI=1S/C54H44N2O10/c1-32(2)53(61)63-28-26-35-6-14-39(15-7-35)55-49(57)45-24-22-43(30-47(45)51(55)59)65-41-18-10-37(11-19-41)34(5)38-12-20-42(21-13-38)66-44-23-25-46-48(31-44)52(60)56(50(46)58)40-16-8-36(9-17-40)27-29-64-54(62)33(3)4/h6-8,10-16,18-25,30-31H,1,3,5,9,17,26-29H2,2,4H3. The number of ether oxygens (including phenoxy) is 4. The highest BCUT2D eigenvalue weighted by atomic mass is 16.5. The fraction of sp³-hybridized carbons (Fsp3) is 0.148. The van der Waals surface area contributed by atoms with Gasteiger partial charge in [0.25, 0.3) is 23.6 Å². The Bertz CT molecular complexity index is 2940. The van der Waals surface area contributed by atoms with Gasteiger partial charge in [-0.1, -0.05) is 67.8 Å². The van der Waals surface area contributed by atoms with Crippen LogP contribution in [0.2, 0.25) is 0 Å². The van der Waals surface area contributed by atoms with Gasteiger partial charge in [0, 0.05) is 29.7 Å². The van der Waals surface area contributed by atoms with Gasteiger partial charge in [0.2, 0.25) is 0 Å². The van der Waals surface area contributed by atoms with Gasteiger partial charge in [-0.3, -0.25) is 19.2 Å². The molecule has 0 fully saturated rings. The van der Waals surface area contributed by atoms with Crippen LogP contribution in [0.3, 0.4) is 0 Å². The van der Waals surface area contributed by atoms with E-state index in [0.29, 0.717) is 76.8 Å². The second-order valence-corrected chi connectivity index (χ2v) is 16.0. The molecule has 12 heteroatoms. The Morgan fingerprint density at radius 3 is 1.45 bits per heavy atom. The summed E-state index contributed by atoms with van der Waals surface area (Å²) in [5.74, 6) is -0.741. The van der Waals surface area contributed by atoms with E-state index in [4.69, 9.17) is 18.9 Å². The van der Waals surface area contributed by atoms with Crippen LogP contribution in [0.4, 0.5) is 5.69 Å². The number of benzene rings is 5. The summed E-state index contributed by atoms with van der Waals surface area (Å²) in [6, 6.07) is 31.2. The highest BCUT2D eigenvalue weighted by Crippen LogP contribution is 2.36. The molecule has 330 valence electrons. The normalized spacial score (nSPS) is 14.0. The minimum absolute atomic E-state index is 0.182. The lowest BCUT2D eigenvalue weighted by Gasteiger charge is -2.21. The molecule has 2 heterocycles. The predicted molar refractivity (Wildman–Crippen MR) is 247 cm³/mol. The first-order chi connectivity index (χ1) is 31.7. The first kappa shape index (κ1) is 44.2. The first-order valence-corrected chi connectivity index (χ1v) is 21.2. The van der Waals surface area contributed by atoms with E-state index in [1.165, 1.54) is 4.90 Å². The van der Waals surface area contributed by atoms with Gasteiger partial charge < -0.3 is 18.9 Å². The lowest BCUT2D eigenvalue weighted by atomic mass is 9.99. The molecule has 1 aliphatic carbocycles. The Morgan fingerprint density at radius 2 is 0.970 bits per heavy atom. The predicted octanol–water partition coefficient (Wildman–Crippen LogP) is 10.5. The van der Waals surface area contributed by atoms with Crippen LogP contribution in [0.15, 0.2) is 163 Å². The summed E-state index contributed by atoms with van der Waals surface area (Å²) in [4.78, 5) is 79.3. The van der Waals surface area contributed by atoms with Crippen LogP contribution in [-0.4, -0.2) is 53.7 Å². The number of rotatable bonds is 16. The molecule has 5 aromatic carbocycles. The van der Waals surface area contributed by atoms with Crippen molar-refractivity contribution in [2.24, 2.45) is 0 Å². The summed E-state index contributed by atoms with van der Waals surface area (Å²) in [6.45, 7) is 15.0. The Balaban J connectivity index is 0.850. The van der Waals surface area contributed by atoms with Crippen molar-refractivity contribution >= 4 is 46.8 Å². The molecule has 3 aliphatic rings. The summed E-state index contributed by atoms with van der Waals surface area (Å²) in [7, 11) is 0. The number of carbonyl (C=O) groups excluding carboxylic acids is 6. The molecule has 5 aromatic rings. The molecule has 66 heavy (non-hydrogen) atoms. The number of fused-ring (bicyclic) bond motifs is 2. The van der Waals surface area contributed by atoms with Crippen LogP contribution < -0.4 is 14.4 Å². The van der Waals surface area contributed by atoms with E-state index < -0.39 is 29.7 Å². The van der Waals surface area contributed by atoms with Gasteiger partial charge >= 0.3 is 11.9 Å². The molecule has 0 spiro atoms. The van der Waals surface area contributed by atoms with Crippen LogP contribution in [0.5, 0.6) is 23.0 Å². The highest BCUT2D eigenvalue weighted by Gasteiger charge is 2.39. The Kier molecular flexibility index (Phi) is 12.6. The molecule has 0 saturated carbocycles. The van der Waals surface area contributed by atoms with Gasteiger partial charge in [-0.15, -0.1) is 0 Å². The van der Waals surface area contributed by atoms with Gasteiger partial charge in [-0.05, 0) is 128 Å². The van der Waals surface area contributed by atoms with Crippen LogP contribution in [0.1, 0.15) is 91.2 Å². The molecule has 12 nitrogen and oxygen atoms in total. The summed E-state index contributed by atoms with van der Waals surface area (Å²) < 4.78 is 22.6. The van der Waals surface area contributed by atoms with Crippen LogP contribution >= 0.6 is 0 Å². The molecule has 0 radical (unpaired) electrons. The average molecular weight is 881 g/mol. The summed E-state index contributed by atoms with van der Waals surface area (Å²) in [6.07, 6.45) is 5.79. The number of imide groups is 2. The zero-order valence-electron chi connectivity index (χ0n) is 36.4. The maximum absolute atomic E-state index is 13.5. The number of esters is 2. The summed E-state index contributed by atoms with van der Waals surface area (Å²) in [5.41, 5.74) is 7.14. The topological polar surface area (TPSA) is 146 Å². The number of carbonyl (C=O) groups is 6. The van der Waals surface area contributed by atoms with Crippen molar-refractivity contribution in [2.45, 2.75) is 39.5 Å². The SMILES string of the molecule is C=C(C)C(=O)OCCC1=CC=C(N2C(=O)c3ccc(Oc4ccc(C(=C)c5ccc(Oc6ccc7c(c6)C(=O)N(c6ccc(CCOC(=O)C(=C)C)cc6)C7=O)cc5)cc4)cc3C2=O)CC1. The third-order valence-electron chi connectivity index (χ3n) is 11.3. The van der Waals surface area contributed by atoms with Gasteiger partial charge in [0.15, 0.2) is 0 Å². The van der Waals surface area contributed by atoms with Crippen molar-refractivity contribution in [3.05, 3.63) is 202 Å². The van der Waals surface area contributed by atoms with E-state index in [1.807, 2.05) is 30.3 Å². The Labute approximate surface area is 381 Å². The molecule has 0 aromatic heterocycles. The minimum atomic E-state index is -0.461. The second-order valence-electron chi connectivity index (χ2n) is 16.0. The average Bonchev–Trinajstić information content (AvgIpc) is 3.72. The maximum Gasteiger partial charge on any atom is 0.333 e. The lowest BCUT2D eigenvalue weighted by Crippen LogP contribution is -2.29. The molecule has 4 amide bonds. The first-order valence-electron chi connectivity index (χ1n) is 21.2. The Hall–Kier alpha value is -8.38. The maximum atomic E-state index is 13.5. The minimum Gasteiger partial charge on any atom is -0.462 e. The van der Waals surface area contributed by atoms with Crippen LogP contribution in [0, 0.1) is 0 Å². The Morgan fingerprint density at radius 1 is 0.515 bits per heavy atom. The quantitative estimate of drug-likeness (QED) is 0.0533. The van der Waals surface area contributed by atoms with E-state index in [2.05, 4.69) is 19.7 Å². The van der Waals surface area contributed by atoms with E-state index in [1.54, 1.807) is 105 Å². The molecular weight excluding hydrogens is 837 g/mol. The molecule has 0 saturated heterocycles.